The summed E-state index contributed by atoms with van der Waals surface area (Å²) >= 11 is 0. The van der Waals surface area contributed by atoms with E-state index in [0.717, 1.165) is 24.2 Å². The van der Waals surface area contributed by atoms with Crippen LogP contribution in [0, 0.1) is 5.92 Å². The maximum Gasteiger partial charge on any atom is 0.321 e. The van der Waals surface area contributed by atoms with Gasteiger partial charge in [0.25, 0.3) is 0 Å². The van der Waals surface area contributed by atoms with Crippen molar-refractivity contribution in [3.63, 3.8) is 0 Å². The van der Waals surface area contributed by atoms with Crippen LogP contribution in [0.25, 0.3) is 11.3 Å². The van der Waals surface area contributed by atoms with E-state index in [1.807, 2.05) is 53.8 Å². The van der Waals surface area contributed by atoms with Crippen LogP contribution in [-0.4, -0.2) is 44.8 Å². The van der Waals surface area contributed by atoms with E-state index in [1.165, 1.54) is 11.1 Å². The first kappa shape index (κ1) is 18.9. The Labute approximate surface area is 176 Å². The number of aliphatic hydroxyl groups is 1. The normalized spacial score (nSPS) is 19.2. The van der Waals surface area contributed by atoms with Gasteiger partial charge >= 0.3 is 6.03 Å². The number of aromatic nitrogens is 2. The molecule has 0 spiro atoms. The van der Waals surface area contributed by atoms with E-state index in [2.05, 4.69) is 33.1 Å². The summed E-state index contributed by atoms with van der Waals surface area (Å²) in [6.45, 7) is 1.33. The Balaban J connectivity index is 1.20. The molecule has 3 heterocycles. The number of carbonyl (C=O) groups is 1. The molecule has 2 atom stereocenters. The van der Waals surface area contributed by atoms with Crippen molar-refractivity contribution in [1.29, 1.82) is 0 Å². The van der Waals surface area contributed by atoms with Crippen molar-refractivity contribution in [3.8, 4) is 11.3 Å². The highest BCUT2D eigenvalue weighted by molar-refractivity contribution is 5.89. The summed E-state index contributed by atoms with van der Waals surface area (Å²) < 4.78 is 2.18. The molecular weight excluding hydrogens is 376 g/mol. The summed E-state index contributed by atoms with van der Waals surface area (Å²) in [4.78, 5) is 18.7. The summed E-state index contributed by atoms with van der Waals surface area (Å²) in [5, 5.41) is 14.0. The van der Waals surface area contributed by atoms with Crippen molar-refractivity contribution in [1.82, 2.24) is 14.5 Å². The maximum atomic E-state index is 12.5. The predicted octanol–water partition coefficient (Wildman–Crippen LogP) is 4.15. The van der Waals surface area contributed by atoms with Crippen molar-refractivity contribution in [2.75, 3.05) is 18.4 Å². The standard InChI is InChI=1S/C24H26N4O2/c29-23(14-21-19-8-4-5-9-20(19)22-15-25-16-28(21)22)17-10-12-27(13-11-17)24(30)26-18-6-2-1-3-7-18/h1-9,15-17,21,23,29H,10-14H2,(H,26,30)/t21-,23?/m0/s1. The zero-order valence-corrected chi connectivity index (χ0v) is 16.8. The van der Waals surface area contributed by atoms with Crippen molar-refractivity contribution in [2.45, 2.75) is 31.4 Å². The van der Waals surface area contributed by atoms with Crippen LogP contribution in [0.3, 0.4) is 0 Å². The Morgan fingerprint density at radius 3 is 2.63 bits per heavy atom. The summed E-state index contributed by atoms with van der Waals surface area (Å²) in [7, 11) is 0. The third-order valence-corrected chi connectivity index (χ3v) is 6.46. The smallest absolute Gasteiger partial charge is 0.321 e. The van der Waals surface area contributed by atoms with Crippen LogP contribution in [0.4, 0.5) is 10.5 Å². The summed E-state index contributed by atoms with van der Waals surface area (Å²) in [5.41, 5.74) is 4.39. The highest BCUT2D eigenvalue weighted by atomic mass is 16.3. The van der Waals surface area contributed by atoms with E-state index in [1.54, 1.807) is 0 Å². The largest absolute Gasteiger partial charge is 0.393 e. The molecule has 6 heteroatoms. The van der Waals surface area contributed by atoms with Gasteiger partial charge in [-0.15, -0.1) is 0 Å². The molecule has 0 saturated carbocycles. The Morgan fingerprint density at radius 2 is 1.83 bits per heavy atom. The minimum atomic E-state index is -0.407. The van der Waals surface area contributed by atoms with Crippen LogP contribution in [0.1, 0.15) is 30.9 Å². The van der Waals surface area contributed by atoms with Crippen LogP contribution in [0.15, 0.2) is 67.1 Å². The lowest BCUT2D eigenvalue weighted by Crippen LogP contribution is -2.43. The Morgan fingerprint density at radius 1 is 1.10 bits per heavy atom. The minimum Gasteiger partial charge on any atom is -0.393 e. The minimum absolute atomic E-state index is 0.0677. The number of hydrogen-bond donors (Lipinski definition) is 2. The number of nitrogens with one attached hydrogen (secondary N) is 1. The molecular formula is C24H26N4O2. The number of benzene rings is 2. The van der Waals surface area contributed by atoms with Crippen LogP contribution >= 0.6 is 0 Å². The second kappa shape index (κ2) is 7.95. The average Bonchev–Trinajstić information content (AvgIpc) is 3.37. The van der Waals surface area contributed by atoms with Crippen molar-refractivity contribution in [2.24, 2.45) is 5.92 Å². The van der Waals surface area contributed by atoms with Crippen LogP contribution in [0.5, 0.6) is 0 Å². The highest BCUT2D eigenvalue weighted by Crippen LogP contribution is 2.42. The van der Waals surface area contributed by atoms with Crippen molar-refractivity contribution < 1.29 is 9.90 Å². The van der Waals surface area contributed by atoms with Crippen molar-refractivity contribution >= 4 is 11.7 Å². The molecule has 30 heavy (non-hydrogen) atoms. The molecule has 3 aromatic rings. The first-order chi connectivity index (χ1) is 14.7. The maximum absolute atomic E-state index is 12.5. The van der Waals surface area contributed by atoms with Gasteiger partial charge in [0.2, 0.25) is 0 Å². The number of imidazole rings is 1. The lowest BCUT2D eigenvalue weighted by molar-refractivity contribution is 0.0552. The van der Waals surface area contributed by atoms with E-state index < -0.39 is 6.10 Å². The third-order valence-electron chi connectivity index (χ3n) is 6.46. The van der Waals surface area contributed by atoms with Gasteiger partial charge in [0.15, 0.2) is 0 Å². The fourth-order valence-electron chi connectivity index (χ4n) is 4.81. The van der Waals surface area contributed by atoms with Gasteiger partial charge in [-0.05, 0) is 42.9 Å². The Kier molecular flexibility index (Phi) is 5.01. The number of rotatable bonds is 4. The number of likely N-dealkylation sites (tertiary alicyclic amines) is 1. The summed E-state index contributed by atoms with van der Waals surface area (Å²) in [6.07, 6.45) is 5.65. The fourth-order valence-corrected chi connectivity index (χ4v) is 4.81. The molecule has 154 valence electrons. The first-order valence-electron chi connectivity index (χ1n) is 10.6. The van der Waals surface area contributed by atoms with E-state index in [-0.39, 0.29) is 18.0 Å². The van der Waals surface area contributed by atoms with E-state index in [9.17, 15) is 9.90 Å². The van der Waals surface area contributed by atoms with E-state index in [0.29, 0.717) is 19.5 Å². The van der Waals surface area contributed by atoms with Gasteiger partial charge in [0.1, 0.15) is 0 Å². The molecule has 0 radical (unpaired) electrons. The molecule has 2 amide bonds. The third kappa shape index (κ3) is 3.48. The number of piperidine rings is 1. The van der Waals surface area contributed by atoms with Gasteiger partial charge in [0.05, 0.1) is 30.4 Å². The number of anilines is 1. The topological polar surface area (TPSA) is 70.4 Å². The van der Waals surface area contributed by atoms with E-state index in [4.69, 9.17) is 0 Å². The number of nitrogens with zero attached hydrogens (tertiary/aromatic N) is 3. The van der Waals surface area contributed by atoms with Crippen LogP contribution in [-0.2, 0) is 0 Å². The number of amides is 2. The molecule has 0 aliphatic carbocycles. The van der Waals surface area contributed by atoms with Crippen LogP contribution < -0.4 is 5.32 Å². The predicted molar refractivity (Wildman–Crippen MR) is 116 cm³/mol. The molecule has 1 unspecified atom stereocenters. The molecule has 1 fully saturated rings. The van der Waals surface area contributed by atoms with Gasteiger partial charge in [0, 0.05) is 24.3 Å². The number of para-hydroxylation sites is 1. The molecule has 6 nitrogen and oxygen atoms in total. The van der Waals surface area contributed by atoms with Gasteiger partial charge in [-0.1, -0.05) is 42.5 Å². The van der Waals surface area contributed by atoms with Gasteiger partial charge in [-0.2, -0.15) is 0 Å². The molecule has 2 aromatic carbocycles. The van der Waals surface area contributed by atoms with Gasteiger partial charge < -0.3 is 19.9 Å². The number of aliphatic hydroxyl groups excluding tert-OH is 1. The molecule has 2 N–H and O–H groups in total. The first-order valence-corrected chi connectivity index (χ1v) is 10.6. The average molecular weight is 402 g/mol. The molecule has 1 saturated heterocycles. The Hall–Kier alpha value is -3.12. The molecule has 2 aliphatic rings. The number of urea groups is 1. The van der Waals surface area contributed by atoms with Gasteiger partial charge in [-0.25, -0.2) is 9.78 Å². The lowest BCUT2D eigenvalue weighted by Gasteiger charge is -2.35. The zero-order chi connectivity index (χ0) is 20.5. The van der Waals surface area contributed by atoms with Crippen LogP contribution in [0.2, 0.25) is 0 Å². The second-order valence-electron chi connectivity index (χ2n) is 8.21. The highest BCUT2D eigenvalue weighted by Gasteiger charge is 2.33. The van der Waals surface area contributed by atoms with Gasteiger partial charge in [-0.3, -0.25) is 0 Å². The SMILES string of the molecule is O=C(Nc1ccccc1)N1CCC(C(O)C[C@H]2c3ccccc3-c3cncn32)CC1. The summed E-state index contributed by atoms with van der Waals surface area (Å²) in [6, 6.07) is 17.9. The van der Waals surface area contributed by atoms with E-state index >= 15 is 0 Å². The second-order valence-corrected chi connectivity index (χ2v) is 8.21. The molecule has 2 aliphatic heterocycles. The summed E-state index contributed by atoms with van der Waals surface area (Å²) in [5.74, 6) is 0.200. The van der Waals surface area contributed by atoms with Crippen molar-refractivity contribution in [3.05, 3.63) is 72.7 Å². The number of carbonyl (C=O) groups excluding carboxylic acids is 1. The lowest BCUT2D eigenvalue weighted by atomic mass is 9.86. The zero-order valence-electron chi connectivity index (χ0n) is 16.8. The number of fused-ring (bicyclic) bond motifs is 3. The number of hydrogen-bond acceptors (Lipinski definition) is 3. The quantitative estimate of drug-likeness (QED) is 0.689. The molecule has 0 bridgehead atoms. The molecule has 1 aromatic heterocycles. The molecule has 5 rings (SSSR count). The monoisotopic (exact) mass is 402 g/mol. The Bertz CT molecular complexity index is 1020. The fraction of sp³-hybridized carbons (Fsp3) is 0.333.